The van der Waals surface area contributed by atoms with Crippen molar-refractivity contribution in [1.82, 2.24) is 5.32 Å². The van der Waals surface area contributed by atoms with Crippen LogP contribution in [0.5, 0.6) is 0 Å². The number of ether oxygens (including phenoxy) is 1. The van der Waals surface area contributed by atoms with Crippen LogP contribution in [0.25, 0.3) is 0 Å². The minimum absolute atomic E-state index is 0.385. The van der Waals surface area contributed by atoms with Crippen molar-refractivity contribution in [2.24, 2.45) is 0 Å². The zero-order chi connectivity index (χ0) is 12.1. The molecule has 17 heavy (non-hydrogen) atoms. The molecule has 1 fully saturated rings. The van der Waals surface area contributed by atoms with Gasteiger partial charge in [0.15, 0.2) is 0 Å². The lowest BCUT2D eigenvalue weighted by atomic mass is 10.1. The maximum atomic E-state index is 5.52. The van der Waals surface area contributed by atoms with Gasteiger partial charge in [0, 0.05) is 31.4 Å². The predicted octanol–water partition coefficient (Wildman–Crippen LogP) is 2.19. The molecule has 2 rings (SSSR count). The van der Waals surface area contributed by atoms with Crippen molar-refractivity contribution >= 4 is 5.69 Å². The zero-order valence-electron chi connectivity index (χ0n) is 10.8. The molecule has 3 nitrogen and oxygen atoms in total. The topological polar surface area (TPSA) is 24.5 Å². The van der Waals surface area contributed by atoms with E-state index < -0.39 is 0 Å². The minimum atomic E-state index is 0.385. The van der Waals surface area contributed by atoms with Crippen LogP contribution in [0.15, 0.2) is 24.3 Å². The van der Waals surface area contributed by atoms with E-state index in [9.17, 15) is 0 Å². The van der Waals surface area contributed by atoms with Gasteiger partial charge in [0.05, 0.1) is 6.61 Å². The summed E-state index contributed by atoms with van der Waals surface area (Å²) >= 11 is 0. The van der Waals surface area contributed by atoms with Crippen molar-refractivity contribution in [2.45, 2.75) is 19.4 Å². The molecule has 1 aromatic rings. The third-order valence-corrected chi connectivity index (χ3v) is 3.40. The van der Waals surface area contributed by atoms with Gasteiger partial charge in [0.25, 0.3) is 0 Å². The van der Waals surface area contributed by atoms with Gasteiger partial charge in [-0.15, -0.1) is 0 Å². The van der Waals surface area contributed by atoms with Crippen molar-refractivity contribution in [1.29, 1.82) is 0 Å². The van der Waals surface area contributed by atoms with E-state index in [0.29, 0.717) is 6.04 Å². The maximum absolute atomic E-state index is 5.52. The lowest BCUT2D eigenvalue weighted by molar-refractivity contribution is 0.152. The summed E-state index contributed by atoms with van der Waals surface area (Å²) in [6.45, 7) is 6.01. The molecule has 0 bridgehead atoms. The first kappa shape index (κ1) is 12.4. The van der Waals surface area contributed by atoms with E-state index in [4.69, 9.17) is 4.74 Å². The highest BCUT2D eigenvalue weighted by Gasteiger charge is 2.15. The highest BCUT2D eigenvalue weighted by molar-refractivity contribution is 5.55. The molecule has 1 N–H and O–H groups in total. The van der Waals surface area contributed by atoms with E-state index in [0.717, 1.165) is 32.7 Å². The fourth-order valence-corrected chi connectivity index (χ4v) is 2.28. The fraction of sp³-hybridized carbons (Fsp3) is 0.571. The Hall–Kier alpha value is -1.06. The Balaban J connectivity index is 2.23. The largest absolute Gasteiger partial charge is 0.380 e. The molecule has 0 amide bonds. The number of benzene rings is 1. The third kappa shape index (κ3) is 2.99. The Morgan fingerprint density at radius 2 is 2.06 bits per heavy atom. The molecule has 0 radical (unpaired) electrons. The van der Waals surface area contributed by atoms with E-state index in [1.807, 2.05) is 7.05 Å². The van der Waals surface area contributed by atoms with Gasteiger partial charge in [-0.2, -0.15) is 0 Å². The Morgan fingerprint density at radius 1 is 1.24 bits per heavy atom. The third-order valence-electron chi connectivity index (χ3n) is 3.40. The first-order chi connectivity index (χ1) is 8.33. The number of rotatable bonds is 3. The summed E-state index contributed by atoms with van der Waals surface area (Å²) in [6.07, 6.45) is 1.11. The summed E-state index contributed by atoms with van der Waals surface area (Å²) in [5.41, 5.74) is 2.72. The van der Waals surface area contributed by atoms with Crippen LogP contribution in [0.1, 0.15) is 24.9 Å². The van der Waals surface area contributed by atoms with Crippen molar-refractivity contribution < 1.29 is 4.74 Å². The lowest BCUT2D eigenvalue weighted by Gasteiger charge is -2.27. The molecule has 1 aliphatic heterocycles. The van der Waals surface area contributed by atoms with Crippen LogP contribution >= 0.6 is 0 Å². The van der Waals surface area contributed by atoms with Crippen LogP contribution in [0.4, 0.5) is 5.69 Å². The second-order valence-electron chi connectivity index (χ2n) is 4.52. The van der Waals surface area contributed by atoms with Gasteiger partial charge in [-0.3, -0.25) is 0 Å². The van der Waals surface area contributed by atoms with Gasteiger partial charge < -0.3 is 15.0 Å². The Morgan fingerprint density at radius 3 is 2.88 bits per heavy atom. The molecule has 1 aliphatic rings. The molecule has 1 aromatic carbocycles. The Kier molecular flexibility index (Phi) is 4.40. The molecule has 3 heteroatoms. The summed E-state index contributed by atoms with van der Waals surface area (Å²) in [4.78, 5) is 2.44. The van der Waals surface area contributed by atoms with E-state index in [1.165, 1.54) is 11.3 Å². The standard InChI is InChI=1S/C14H22N2O/c1-12(15-2)13-6-3-4-7-14(13)16-8-5-10-17-11-9-16/h3-4,6-7,12,15H,5,8-11H2,1-2H3. The fourth-order valence-electron chi connectivity index (χ4n) is 2.28. The van der Waals surface area contributed by atoms with E-state index in [1.54, 1.807) is 0 Å². The number of hydrogen-bond donors (Lipinski definition) is 1. The van der Waals surface area contributed by atoms with E-state index in [-0.39, 0.29) is 0 Å². The number of para-hydroxylation sites is 1. The van der Waals surface area contributed by atoms with Crippen molar-refractivity contribution in [3.63, 3.8) is 0 Å². The predicted molar refractivity (Wildman–Crippen MR) is 71.6 cm³/mol. The minimum Gasteiger partial charge on any atom is -0.380 e. The molecule has 0 saturated carbocycles. The maximum Gasteiger partial charge on any atom is 0.0641 e. The second-order valence-corrected chi connectivity index (χ2v) is 4.52. The summed E-state index contributed by atoms with van der Waals surface area (Å²) in [7, 11) is 2.01. The molecular weight excluding hydrogens is 212 g/mol. The molecular formula is C14H22N2O. The van der Waals surface area contributed by atoms with E-state index >= 15 is 0 Å². The van der Waals surface area contributed by atoms with Gasteiger partial charge in [0.2, 0.25) is 0 Å². The molecule has 0 aromatic heterocycles. The van der Waals surface area contributed by atoms with Crippen molar-refractivity contribution in [2.75, 3.05) is 38.3 Å². The SMILES string of the molecule is CNC(C)c1ccccc1N1CCCOCC1. The molecule has 1 unspecified atom stereocenters. The summed E-state index contributed by atoms with van der Waals surface area (Å²) < 4.78 is 5.52. The van der Waals surface area contributed by atoms with Crippen LogP contribution in [0.2, 0.25) is 0 Å². The number of anilines is 1. The first-order valence-corrected chi connectivity index (χ1v) is 6.42. The van der Waals surface area contributed by atoms with Crippen LogP contribution in [0, 0.1) is 0 Å². The summed E-state index contributed by atoms with van der Waals surface area (Å²) in [6, 6.07) is 9.04. The Labute approximate surface area is 104 Å². The van der Waals surface area contributed by atoms with Gasteiger partial charge in [-0.25, -0.2) is 0 Å². The summed E-state index contributed by atoms with van der Waals surface area (Å²) in [5.74, 6) is 0. The lowest BCUT2D eigenvalue weighted by Crippen LogP contribution is -2.28. The highest BCUT2D eigenvalue weighted by atomic mass is 16.5. The Bertz CT molecular complexity index is 346. The first-order valence-electron chi connectivity index (χ1n) is 6.42. The molecule has 94 valence electrons. The van der Waals surface area contributed by atoms with Crippen LogP contribution < -0.4 is 10.2 Å². The normalized spacial score (nSPS) is 18.8. The zero-order valence-corrected chi connectivity index (χ0v) is 10.8. The number of hydrogen-bond acceptors (Lipinski definition) is 3. The monoisotopic (exact) mass is 234 g/mol. The smallest absolute Gasteiger partial charge is 0.0641 e. The number of nitrogens with zero attached hydrogens (tertiary/aromatic N) is 1. The van der Waals surface area contributed by atoms with Crippen LogP contribution in [-0.4, -0.2) is 33.4 Å². The van der Waals surface area contributed by atoms with Gasteiger partial charge in [0.1, 0.15) is 0 Å². The van der Waals surface area contributed by atoms with Gasteiger partial charge in [-0.05, 0) is 32.0 Å². The molecule has 1 saturated heterocycles. The van der Waals surface area contributed by atoms with Crippen LogP contribution in [-0.2, 0) is 4.74 Å². The number of nitrogens with one attached hydrogen (secondary N) is 1. The quantitative estimate of drug-likeness (QED) is 0.867. The van der Waals surface area contributed by atoms with Crippen LogP contribution in [0.3, 0.4) is 0 Å². The molecule has 0 spiro atoms. The average Bonchev–Trinajstić information content (AvgIpc) is 2.66. The molecule has 1 heterocycles. The van der Waals surface area contributed by atoms with E-state index in [2.05, 4.69) is 41.4 Å². The highest BCUT2D eigenvalue weighted by Crippen LogP contribution is 2.26. The van der Waals surface area contributed by atoms with Crippen molar-refractivity contribution in [3.05, 3.63) is 29.8 Å². The summed E-state index contributed by atoms with van der Waals surface area (Å²) in [5, 5.41) is 3.32. The van der Waals surface area contributed by atoms with Gasteiger partial charge >= 0.3 is 0 Å². The molecule has 0 aliphatic carbocycles. The molecule has 1 atom stereocenters. The second kappa shape index (κ2) is 6.03. The van der Waals surface area contributed by atoms with Crippen molar-refractivity contribution in [3.8, 4) is 0 Å². The average molecular weight is 234 g/mol. The van der Waals surface area contributed by atoms with Gasteiger partial charge in [-0.1, -0.05) is 18.2 Å².